The molecule has 0 bridgehead atoms. The molecule has 0 atom stereocenters. The zero-order valence-corrected chi connectivity index (χ0v) is 13.5. The van der Waals surface area contributed by atoms with Gasteiger partial charge in [0.15, 0.2) is 5.69 Å². The number of ketones is 1. The maximum absolute atomic E-state index is 12.3. The van der Waals surface area contributed by atoms with Crippen molar-refractivity contribution in [2.45, 2.75) is 11.8 Å². The van der Waals surface area contributed by atoms with Gasteiger partial charge in [-0.3, -0.25) is 9.59 Å². The van der Waals surface area contributed by atoms with Crippen molar-refractivity contribution in [2.24, 2.45) is 0 Å². The molecule has 0 saturated heterocycles. The normalized spacial score (nSPS) is 11.3. The van der Waals surface area contributed by atoms with E-state index < -0.39 is 0 Å². The second-order valence-corrected chi connectivity index (χ2v) is 5.50. The Morgan fingerprint density at radius 2 is 2.14 bits per heavy atom. The van der Waals surface area contributed by atoms with E-state index in [-0.39, 0.29) is 16.9 Å². The number of hydrogen-bond acceptors (Lipinski definition) is 5. The summed E-state index contributed by atoms with van der Waals surface area (Å²) in [7, 11) is 1.70. The number of rotatable bonds is 5. The number of nitrogens with one attached hydrogen (secondary N) is 1. The predicted octanol–water partition coefficient (Wildman–Crippen LogP) is 2.26. The third-order valence-electron chi connectivity index (χ3n) is 3.06. The Balaban J connectivity index is 2.48. The standard InChI is InChI=1S/C16H17N3O2S/c1-11(10-17-2)16(21)15-14(20)7-8-19(18-15)12-5-4-6-13(9-12)22-3/h4-10,17H,1-3H3/b11-10+. The number of benzene rings is 1. The molecule has 1 aromatic heterocycles. The number of aromatic nitrogens is 2. The molecular formula is C16H17N3O2S. The van der Waals surface area contributed by atoms with E-state index in [0.717, 1.165) is 10.6 Å². The van der Waals surface area contributed by atoms with Crippen molar-refractivity contribution >= 4 is 17.5 Å². The van der Waals surface area contributed by atoms with Crippen LogP contribution in [0.2, 0.25) is 0 Å². The quantitative estimate of drug-likeness (QED) is 0.521. The molecule has 0 unspecified atom stereocenters. The summed E-state index contributed by atoms with van der Waals surface area (Å²) in [5, 5.41) is 6.97. The van der Waals surface area contributed by atoms with E-state index in [1.54, 1.807) is 42.8 Å². The number of carbonyl (C=O) groups is 1. The number of carbonyl (C=O) groups excluding carboxylic acids is 1. The van der Waals surface area contributed by atoms with Crippen LogP contribution in [0.25, 0.3) is 5.69 Å². The monoisotopic (exact) mass is 315 g/mol. The van der Waals surface area contributed by atoms with Gasteiger partial charge in [0.1, 0.15) is 0 Å². The number of thioether (sulfide) groups is 1. The second-order valence-electron chi connectivity index (χ2n) is 4.62. The Morgan fingerprint density at radius 3 is 2.82 bits per heavy atom. The summed E-state index contributed by atoms with van der Waals surface area (Å²) in [6.07, 6.45) is 5.10. The van der Waals surface area contributed by atoms with Gasteiger partial charge in [0.05, 0.1) is 5.69 Å². The molecule has 5 nitrogen and oxygen atoms in total. The van der Waals surface area contributed by atoms with E-state index in [1.807, 2.05) is 30.5 Å². The van der Waals surface area contributed by atoms with Crippen LogP contribution in [-0.2, 0) is 0 Å². The van der Waals surface area contributed by atoms with Crippen LogP contribution in [-0.4, -0.2) is 28.9 Å². The molecule has 0 spiro atoms. The van der Waals surface area contributed by atoms with E-state index >= 15 is 0 Å². The maximum atomic E-state index is 12.3. The zero-order chi connectivity index (χ0) is 16.1. The fourth-order valence-corrected chi connectivity index (χ4v) is 2.38. The van der Waals surface area contributed by atoms with E-state index in [4.69, 9.17) is 0 Å². The molecule has 2 aromatic rings. The Hall–Kier alpha value is -2.34. The van der Waals surface area contributed by atoms with E-state index in [2.05, 4.69) is 10.4 Å². The Morgan fingerprint density at radius 1 is 1.36 bits per heavy atom. The molecule has 0 aliphatic heterocycles. The average Bonchev–Trinajstić information content (AvgIpc) is 2.55. The molecule has 2 rings (SSSR count). The molecule has 1 aromatic carbocycles. The first-order valence-corrected chi connectivity index (χ1v) is 7.92. The first kappa shape index (κ1) is 16.0. The van der Waals surface area contributed by atoms with Gasteiger partial charge in [-0.25, -0.2) is 4.68 Å². The molecule has 0 saturated carbocycles. The van der Waals surface area contributed by atoms with Crippen LogP contribution in [0.3, 0.4) is 0 Å². The molecule has 22 heavy (non-hydrogen) atoms. The smallest absolute Gasteiger partial charge is 0.214 e. The van der Waals surface area contributed by atoms with Crippen LogP contribution in [0.1, 0.15) is 17.4 Å². The second kappa shape index (κ2) is 7.09. The average molecular weight is 315 g/mol. The zero-order valence-electron chi connectivity index (χ0n) is 12.7. The fourth-order valence-electron chi connectivity index (χ4n) is 1.93. The molecular weight excluding hydrogens is 298 g/mol. The minimum Gasteiger partial charge on any atom is -0.394 e. The van der Waals surface area contributed by atoms with Gasteiger partial charge < -0.3 is 5.32 Å². The molecule has 6 heteroatoms. The Bertz CT molecular complexity index is 781. The first-order valence-electron chi connectivity index (χ1n) is 6.70. The van der Waals surface area contributed by atoms with Crippen LogP contribution in [0, 0.1) is 0 Å². The number of allylic oxidation sites excluding steroid dienone is 1. The summed E-state index contributed by atoms with van der Waals surface area (Å²) in [4.78, 5) is 25.3. The summed E-state index contributed by atoms with van der Waals surface area (Å²) in [6, 6.07) is 9.09. The number of Topliss-reactive ketones (excluding diaryl/α,β-unsaturated/α-hetero) is 1. The Kier molecular flexibility index (Phi) is 5.16. The molecule has 0 amide bonds. The molecule has 0 aliphatic carbocycles. The van der Waals surface area contributed by atoms with Crippen molar-refractivity contribution in [2.75, 3.05) is 13.3 Å². The van der Waals surface area contributed by atoms with Crippen molar-refractivity contribution in [3.8, 4) is 5.69 Å². The molecule has 0 aliphatic rings. The summed E-state index contributed by atoms with van der Waals surface area (Å²) in [5.41, 5.74) is 0.769. The molecule has 1 N–H and O–H groups in total. The molecule has 0 fully saturated rings. The SMILES string of the molecule is CN/C=C(\C)C(=O)c1nn(-c2cccc(SC)c2)ccc1=O. The van der Waals surface area contributed by atoms with Crippen molar-refractivity contribution < 1.29 is 4.79 Å². The van der Waals surface area contributed by atoms with Crippen molar-refractivity contribution in [1.29, 1.82) is 0 Å². The van der Waals surface area contributed by atoms with Crippen molar-refractivity contribution in [3.63, 3.8) is 0 Å². The van der Waals surface area contributed by atoms with Crippen LogP contribution in [0.15, 0.2) is 58.0 Å². The van der Waals surface area contributed by atoms with Crippen molar-refractivity contribution in [3.05, 3.63) is 64.2 Å². The molecule has 1 heterocycles. The predicted molar refractivity (Wildman–Crippen MR) is 88.8 cm³/mol. The van der Waals surface area contributed by atoms with Crippen LogP contribution in [0.5, 0.6) is 0 Å². The summed E-state index contributed by atoms with van der Waals surface area (Å²) in [5.74, 6) is -0.380. The van der Waals surface area contributed by atoms with E-state index in [1.165, 1.54) is 6.07 Å². The highest BCUT2D eigenvalue weighted by Crippen LogP contribution is 2.17. The minimum atomic E-state index is -0.383. The lowest BCUT2D eigenvalue weighted by atomic mass is 10.1. The van der Waals surface area contributed by atoms with Gasteiger partial charge >= 0.3 is 0 Å². The van der Waals surface area contributed by atoms with E-state index in [0.29, 0.717) is 5.57 Å². The largest absolute Gasteiger partial charge is 0.394 e. The van der Waals surface area contributed by atoms with E-state index in [9.17, 15) is 9.59 Å². The van der Waals surface area contributed by atoms with Crippen molar-refractivity contribution in [1.82, 2.24) is 15.1 Å². The van der Waals surface area contributed by atoms with Crippen LogP contribution < -0.4 is 10.7 Å². The van der Waals surface area contributed by atoms with Gasteiger partial charge in [-0.1, -0.05) is 6.07 Å². The summed E-state index contributed by atoms with van der Waals surface area (Å²) >= 11 is 1.62. The molecule has 114 valence electrons. The summed E-state index contributed by atoms with van der Waals surface area (Å²) < 4.78 is 1.54. The lowest BCUT2D eigenvalue weighted by Gasteiger charge is -2.08. The maximum Gasteiger partial charge on any atom is 0.214 e. The Labute approximate surface area is 133 Å². The fraction of sp³-hybridized carbons (Fsp3) is 0.188. The molecule has 0 radical (unpaired) electrons. The third kappa shape index (κ3) is 3.46. The lowest BCUT2D eigenvalue weighted by molar-refractivity contribution is 0.102. The minimum absolute atomic E-state index is 0.0824. The van der Waals surface area contributed by atoms with Gasteiger partial charge in [0.2, 0.25) is 11.2 Å². The first-order chi connectivity index (χ1) is 10.6. The van der Waals surface area contributed by atoms with Gasteiger partial charge in [-0.2, -0.15) is 5.10 Å². The lowest BCUT2D eigenvalue weighted by Crippen LogP contribution is -2.21. The van der Waals surface area contributed by atoms with Gasteiger partial charge in [0.25, 0.3) is 0 Å². The van der Waals surface area contributed by atoms with Gasteiger partial charge in [-0.15, -0.1) is 11.8 Å². The summed E-state index contributed by atoms with van der Waals surface area (Å²) in [6.45, 7) is 1.64. The third-order valence-corrected chi connectivity index (χ3v) is 3.79. The number of hydrogen-bond donors (Lipinski definition) is 1. The number of nitrogens with zero attached hydrogens (tertiary/aromatic N) is 2. The highest BCUT2D eigenvalue weighted by Gasteiger charge is 2.15. The van der Waals surface area contributed by atoms with Crippen LogP contribution >= 0.6 is 11.8 Å². The highest BCUT2D eigenvalue weighted by atomic mass is 32.2. The highest BCUT2D eigenvalue weighted by molar-refractivity contribution is 7.98. The van der Waals surface area contributed by atoms with Crippen LogP contribution in [0.4, 0.5) is 0 Å². The van der Waals surface area contributed by atoms with Gasteiger partial charge in [-0.05, 0) is 31.4 Å². The topological polar surface area (TPSA) is 64.0 Å². The van der Waals surface area contributed by atoms with Gasteiger partial charge in [0, 0.05) is 36.0 Å².